The Morgan fingerprint density at radius 1 is 1.00 bits per heavy atom. The van der Waals surface area contributed by atoms with Gasteiger partial charge in [-0.3, -0.25) is 0 Å². The third-order valence-corrected chi connectivity index (χ3v) is 6.34. The van der Waals surface area contributed by atoms with Crippen molar-refractivity contribution in [1.82, 2.24) is 9.88 Å². The Balaban J connectivity index is 1.79. The Kier molecular flexibility index (Phi) is 7.61. The molecule has 0 saturated heterocycles. The number of pyridine rings is 1. The summed E-state index contributed by atoms with van der Waals surface area (Å²) >= 11 is 0. The van der Waals surface area contributed by atoms with Crippen LogP contribution in [0.15, 0.2) is 71.3 Å². The third-order valence-electron chi connectivity index (χ3n) is 6.34. The first kappa shape index (κ1) is 23.5. The molecule has 0 fully saturated rings. The summed E-state index contributed by atoms with van der Waals surface area (Å²) in [5.41, 5.74) is 4.84. The zero-order valence-electron chi connectivity index (χ0n) is 20.2. The second kappa shape index (κ2) is 11.0. The zero-order valence-corrected chi connectivity index (χ0v) is 20.2. The molecule has 174 valence electrons. The number of anilines is 1. The Bertz CT molecular complexity index is 1250. The van der Waals surface area contributed by atoms with Crippen molar-refractivity contribution in [2.24, 2.45) is 0 Å². The van der Waals surface area contributed by atoms with E-state index in [1.54, 1.807) is 6.20 Å². The van der Waals surface area contributed by atoms with Gasteiger partial charge < -0.3 is 14.6 Å². The summed E-state index contributed by atoms with van der Waals surface area (Å²) in [5, 5.41) is 14.4. The average molecular weight is 453 g/mol. The van der Waals surface area contributed by atoms with E-state index < -0.39 is 0 Å². The highest BCUT2D eigenvalue weighted by atomic mass is 16.3. The number of rotatable bonds is 10. The van der Waals surface area contributed by atoms with E-state index in [0.29, 0.717) is 11.3 Å². The van der Waals surface area contributed by atoms with Gasteiger partial charge in [0.2, 0.25) is 5.71 Å². The van der Waals surface area contributed by atoms with Crippen molar-refractivity contribution in [3.63, 3.8) is 0 Å². The van der Waals surface area contributed by atoms with Gasteiger partial charge >= 0.3 is 0 Å². The van der Waals surface area contributed by atoms with Crippen molar-refractivity contribution in [3.8, 4) is 28.5 Å². The summed E-state index contributed by atoms with van der Waals surface area (Å²) in [6, 6.07) is 22.8. The molecule has 1 atom stereocenters. The van der Waals surface area contributed by atoms with Gasteiger partial charge in [0.05, 0.1) is 22.8 Å². The molecule has 0 amide bonds. The van der Waals surface area contributed by atoms with Gasteiger partial charge in [-0.15, -0.1) is 0 Å². The minimum absolute atomic E-state index is 0.201. The minimum atomic E-state index is 0.201. The molecular weight excluding hydrogens is 420 g/mol. The van der Waals surface area contributed by atoms with E-state index >= 15 is 0 Å². The van der Waals surface area contributed by atoms with Gasteiger partial charge in [0.25, 0.3) is 0 Å². The highest BCUT2D eigenvalue weighted by Gasteiger charge is 2.24. The number of fused-ring (bicyclic) bond motifs is 1. The fourth-order valence-corrected chi connectivity index (χ4v) is 4.45. The van der Waals surface area contributed by atoms with Crippen LogP contribution in [0.25, 0.3) is 33.6 Å². The molecule has 4 rings (SSSR count). The third kappa shape index (κ3) is 4.98. The summed E-state index contributed by atoms with van der Waals surface area (Å²) in [6.45, 7) is 9.79. The number of nitrogens with zero attached hydrogens (tertiary/aromatic N) is 3. The average Bonchev–Trinajstić information content (AvgIpc) is 3.28. The molecule has 0 aliphatic carbocycles. The van der Waals surface area contributed by atoms with Crippen molar-refractivity contribution in [1.29, 1.82) is 5.26 Å². The van der Waals surface area contributed by atoms with Crippen molar-refractivity contribution >= 4 is 16.8 Å². The SMILES string of the molecule is CCN(CC)CCCC(C)Nc1c(C#N)cnc2oc(-c3ccccc3)c(-c3ccccc3)c12. The quantitative estimate of drug-likeness (QED) is 0.282. The lowest BCUT2D eigenvalue weighted by Crippen LogP contribution is -2.25. The Hall–Kier alpha value is -3.62. The van der Waals surface area contributed by atoms with Crippen LogP contribution in [-0.4, -0.2) is 35.6 Å². The predicted molar refractivity (Wildman–Crippen MR) is 140 cm³/mol. The molecule has 0 spiro atoms. The number of hydrogen-bond donors (Lipinski definition) is 1. The zero-order chi connectivity index (χ0) is 23.9. The van der Waals surface area contributed by atoms with E-state index in [-0.39, 0.29) is 6.04 Å². The molecule has 5 nitrogen and oxygen atoms in total. The van der Waals surface area contributed by atoms with Crippen LogP contribution >= 0.6 is 0 Å². The molecule has 1 unspecified atom stereocenters. The van der Waals surface area contributed by atoms with Gasteiger partial charge in [-0.1, -0.05) is 74.5 Å². The Morgan fingerprint density at radius 2 is 1.65 bits per heavy atom. The molecule has 0 aliphatic rings. The summed E-state index contributed by atoms with van der Waals surface area (Å²) in [7, 11) is 0. The van der Waals surface area contributed by atoms with Crippen LogP contribution in [-0.2, 0) is 0 Å². The highest BCUT2D eigenvalue weighted by molar-refractivity contribution is 6.08. The molecule has 5 heteroatoms. The molecule has 4 aromatic rings. The number of nitriles is 1. The first-order valence-electron chi connectivity index (χ1n) is 12.1. The van der Waals surface area contributed by atoms with Crippen LogP contribution in [0.3, 0.4) is 0 Å². The van der Waals surface area contributed by atoms with E-state index in [4.69, 9.17) is 4.42 Å². The molecule has 2 aromatic heterocycles. The molecule has 2 heterocycles. The molecule has 0 saturated carbocycles. The number of hydrogen-bond acceptors (Lipinski definition) is 5. The molecule has 0 bridgehead atoms. The molecule has 34 heavy (non-hydrogen) atoms. The maximum atomic E-state index is 9.92. The molecule has 0 radical (unpaired) electrons. The van der Waals surface area contributed by atoms with E-state index in [9.17, 15) is 5.26 Å². The second-order valence-corrected chi connectivity index (χ2v) is 8.59. The Labute approximate surface area is 202 Å². The lowest BCUT2D eigenvalue weighted by atomic mass is 9.97. The topological polar surface area (TPSA) is 65.1 Å². The minimum Gasteiger partial charge on any atom is -0.437 e. The Morgan fingerprint density at radius 3 is 2.26 bits per heavy atom. The predicted octanol–water partition coefficient (Wildman–Crippen LogP) is 6.96. The highest BCUT2D eigenvalue weighted by Crippen LogP contribution is 2.44. The van der Waals surface area contributed by atoms with Gasteiger partial charge in [-0.2, -0.15) is 5.26 Å². The van der Waals surface area contributed by atoms with Crippen LogP contribution in [0, 0.1) is 11.3 Å². The first-order valence-corrected chi connectivity index (χ1v) is 12.1. The lowest BCUT2D eigenvalue weighted by molar-refractivity contribution is 0.295. The van der Waals surface area contributed by atoms with Crippen molar-refractivity contribution in [2.75, 3.05) is 25.0 Å². The van der Waals surface area contributed by atoms with Crippen LogP contribution in [0.4, 0.5) is 5.69 Å². The molecule has 0 aliphatic heterocycles. The number of aromatic nitrogens is 1. The number of benzene rings is 2. The normalized spacial score (nSPS) is 12.1. The first-order chi connectivity index (χ1) is 16.7. The fourth-order valence-electron chi connectivity index (χ4n) is 4.45. The van der Waals surface area contributed by atoms with Crippen LogP contribution < -0.4 is 5.32 Å². The van der Waals surface area contributed by atoms with Gasteiger partial charge in [0.1, 0.15) is 11.8 Å². The number of nitrogens with one attached hydrogen (secondary N) is 1. The second-order valence-electron chi connectivity index (χ2n) is 8.59. The lowest BCUT2D eigenvalue weighted by Gasteiger charge is -2.21. The maximum Gasteiger partial charge on any atom is 0.229 e. The summed E-state index contributed by atoms with van der Waals surface area (Å²) in [5.74, 6) is 0.765. The van der Waals surface area contributed by atoms with Crippen LogP contribution in [0.1, 0.15) is 39.2 Å². The maximum absolute atomic E-state index is 9.92. The van der Waals surface area contributed by atoms with Gasteiger partial charge in [-0.25, -0.2) is 4.98 Å². The van der Waals surface area contributed by atoms with Crippen LogP contribution in [0.5, 0.6) is 0 Å². The number of furan rings is 1. The largest absolute Gasteiger partial charge is 0.437 e. The smallest absolute Gasteiger partial charge is 0.229 e. The van der Waals surface area contributed by atoms with E-state index in [1.807, 2.05) is 48.5 Å². The summed E-state index contributed by atoms with van der Waals surface area (Å²) in [6.07, 6.45) is 3.72. The monoisotopic (exact) mass is 452 g/mol. The van der Waals surface area contributed by atoms with E-state index in [1.165, 1.54) is 0 Å². The molecule has 2 aromatic carbocycles. The standard InChI is InChI=1S/C29H32N4O/c1-4-33(5-2)18-12-13-21(3)32-27-24(19-30)20-31-29-26(27)25(22-14-8-6-9-15-22)28(34-29)23-16-10-7-11-17-23/h6-11,14-17,20-21H,4-5,12-13,18H2,1-3H3,(H,31,32). The summed E-state index contributed by atoms with van der Waals surface area (Å²) < 4.78 is 6.34. The van der Waals surface area contributed by atoms with E-state index in [2.05, 4.69) is 54.2 Å². The van der Waals surface area contributed by atoms with Crippen molar-refractivity contribution < 1.29 is 4.42 Å². The molecular formula is C29H32N4O. The van der Waals surface area contributed by atoms with E-state index in [0.717, 1.165) is 66.0 Å². The summed E-state index contributed by atoms with van der Waals surface area (Å²) in [4.78, 5) is 6.96. The van der Waals surface area contributed by atoms with Gasteiger partial charge in [-0.05, 0) is 45.0 Å². The molecule has 1 N–H and O–H groups in total. The van der Waals surface area contributed by atoms with Crippen molar-refractivity contribution in [2.45, 2.75) is 39.7 Å². The van der Waals surface area contributed by atoms with Gasteiger partial charge in [0.15, 0.2) is 0 Å². The van der Waals surface area contributed by atoms with Crippen LogP contribution in [0.2, 0.25) is 0 Å². The van der Waals surface area contributed by atoms with Gasteiger partial charge in [0, 0.05) is 17.2 Å². The fraction of sp³-hybridized carbons (Fsp3) is 0.310. The van der Waals surface area contributed by atoms with Crippen molar-refractivity contribution in [3.05, 3.63) is 72.4 Å².